The summed E-state index contributed by atoms with van der Waals surface area (Å²) in [4.78, 5) is 10.4. The van der Waals surface area contributed by atoms with Gasteiger partial charge in [0.2, 0.25) is 11.0 Å². The smallest absolute Gasteiger partial charge is 0.217 e. The van der Waals surface area contributed by atoms with Gasteiger partial charge in [0.05, 0.1) is 0 Å². The van der Waals surface area contributed by atoms with Crippen LogP contribution in [0.1, 0.15) is 19.3 Å². The minimum atomic E-state index is -0.247. The zero-order valence-electron chi connectivity index (χ0n) is 7.49. The third kappa shape index (κ3) is 4.52. The summed E-state index contributed by atoms with van der Waals surface area (Å²) in [5.74, 6) is -0.247. The van der Waals surface area contributed by atoms with Crippen molar-refractivity contribution >= 4 is 38.3 Å². The summed E-state index contributed by atoms with van der Waals surface area (Å²) in [6, 6.07) is 0. The molecule has 1 amide bonds. The zero-order chi connectivity index (χ0) is 10.4. The first-order chi connectivity index (χ1) is 6.68. The van der Waals surface area contributed by atoms with Crippen LogP contribution in [0.4, 0.5) is 5.13 Å². The second-order valence-corrected chi connectivity index (χ2v) is 4.96. The molecule has 0 aliphatic rings. The van der Waals surface area contributed by atoms with Crippen LogP contribution in [0.15, 0.2) is 3.92 Å². The Labute approximate surface area is 94.2 Å². The highest BCUT2D eigenvalue weighted by Crippen LogP contribution is 2.19. The van der Waals surface area contributed by atoms with Crippen LogP contribution in [0.2, 0.25) is 0 Å². The molecule has 0 bridgehead atoms. The first kappa shape index (κ1) is 11.4. The Hall–Kier alpha value is -0.690. The van der Waals surface area contributed by atoms with Crippen LogP contribution >= 0.6 is 27.3 Å². The van der Waals surface area contributed by atoms with E-state index in [2.05, 4.69) is 31.4 Å². The first-order valence-corrected chi connectivity index (χ1v) is 5.80. The third-order valence-electron chi connectivity index (χ3n) is 1.53. The first-order valence-electron chi connectivity index (χ1n) is 4.19. The van der Waals surface area contributed by atoms with Gasteiger partial charge in [0.15, 0.2) is 3.92 Å². The fourth-order valence-electron chi connectivity index (χ4n) is 0.896. The minimum absolute atomic E-state index is 0.247. The van der Waals surface area contributed by atoms with Crippen molar-refractivity contribution in [3.05, 3.63) is 3.92 Å². The van der Waals surface area contributed by atoms with Crippen LogP contribution in [-0.2, 0) is 4.79 Å². The molecule has 7 heteroatoms. The number of nitrogens with one attached hydrogen (secondary N) is 1. The van der Waals surface area contributed by atoms with E-state index in [1.807, 2.05) is 0 Å². The van der Waals surface area contributed by atoms with E-state index in [-0.39, 0.29) is 5.91 Å². The van der Waals surface area contributed by atoms with Crippen LogP contribution < -0.4 is 11.1 Å². The van der Waals surface area contributed by atoms with Crippen molar-refractivity contribution in [3.8, 4) is 0 Å². The maximum Gasteiger partial charge on any atom is 0.217 e. The van der Waals surface area contributed by atoms with E-state index in [0.717, 1.165) is 28.4 Å². The van der Waals surface area contributed by atoms with Crippen LogP contribution in [0.25, 0.3) is 0 Å². The molecule has 0 unspecified atom stereocenters. The molecule has 0 atom stereocenters. The normalized spacial score (nSPS) is 10.1. The maximum atomic E-state index is 10.4. The standard InChI is InChI=1S/C7H11BrN4OS/c8-6-11-12-7(14-6)10-4-2-1-3-5(9)13/h1-4H2,(H2,9,13)(H,10,12). The molecule has 14 heavy (non-hydrogen) atoms. The van der Waals surface area contributed by atoms with Gasteiger partial charge in [-0.2, -0.15) is 0 Å². The van der Waals surface area contributed by atoms with Crippen LogP contribution in [0.5, 0.6) is 0 Å². The Morgan fingerprint density at radius 2 is 2.29 bits per heavy atom. The third-order valence-corrected chi connectivity index (χ3v) is 2.84. The topological polar surface area (TPSA) is 80.9 Å². The van der Waals surface area contributed by atoms with Gasteiger partial charge in [0.25, 0.3) is 0 Å². The number of carbonyl (C=O) groups is 1. The molecule has 0 aliphatic heterocycles. The average molecular weight is 279 g/mol. The monoisotopic (exact) mass is 278 g/mol. The van der Waals surface area contributed by atoms with E-state index in [1.54, 1.807) is 0 Å². The van der Waals surface area contributed by atoms with Crippen LogP contribution in [0, 0.1) is 0 Å². The maximum absolute atomic E-state index is 10.4. The molecule has 0 saturated carbocycles. The predicted octanol–water partition coefficient (Wildman–Crippen LogP) is 1.37. The van der Waals surface area contributed by atoms with Crippen molar-refractivity contribution in [1.29, 1.82) is 0 Å². The number of halogens is 1. The number of aromatic nitrogens is 2. The summed E-state index contributed by atoms with van der Waals surface area (Å²) in [5, 5.41) is 11.5. The van der Waals surface area contributed by atoms with Crippen molar-refractivity contribution in [2.75, 3.05) is 11.9 Å². The second-order valence-electron chi connectivity index (χ2n) is 2.71. The summed E-state index contributed by atoms with van der Waals surface area (Å²) in [6.45, 7) is 0.787. The van der Waals surface area contributed by atoms with Crippen molar-refractivity contribution < 1.29 is 4.79 Å². The number of carbonyl (C=O) groups excluding carboxylic acids is 1. The highest BCUT2D eigenvalue weighted by Gasteiger charge is 1.99. The van der Waals surface area contributed by atoms with E-state index in [0.29, 0.717) is 6.42 Å². The summed E-state index contributed by atoms with van der Waals surface area (Å²) in [7, 11) is 0. The lowest BCUT2D eigenvalue weighted by Crippen LogP contribution is -2.10. The summed E-state index contributed by atoms with van der Waals surface area (Å²) >= 11 is 4.66. The van der Waals surface area contributed by atoms with E-state index >= 15 is 0 Å². The van der Waals surface area contributed by atoms with Crippen molar-refractivity contribution in [1.82, 2.24) is 10.2 Å². The highest BCUT2D eigenvalue weighted by atomic mass is 79.9. The van der Waals surface area contributed by atoms with Gasteiger partial charge >= 0.3 is 0 Å². The van der Waals surface area contributed by atoms with Gasteiger partial charge < -0.3 is 11.1 Å². The molecule has 1 aromatic heterocycles. The Balaban J connectivity index is 2.07. The number of unbranched alkanes of at least 4 members (excludes halogenated alkanes) is 1. The molecule has 78 valence electrons. The molecule has 1 rings (SSSR count). The molecule has 0 spiro atoms. The summed E-state index contributed by atoms with van der Waals surface area (Å²) in [5.41, 5.74) is 5.00. The molecule has 0 aliphatic carbocycles. The number of anilines is 1. The van der Waals surface area contributed by atoms with Crippen LogP contribution in [0.3, 0.4) is 0 Å². The molecule has 1 aromatic rings. The van der Waals surface area contributed by atoms with Gasteiger partial charge in [0, 0.05) is 13.0 Å². The van der Waals surface area contributed by atoms with E-state index in [9.17, 15) is 4.79 Å². The number of hydrogen-bond acceptors (Lipinski definition) is 5. The molecular formula is C7H11BrN4OS. The molecule has 0 saturated heterocycles. The zero-order valence-corrected chi connectivity index (χ0v) is 9.90. The van der Waals surface area contributed by atoms with Crippen molar-refractivity contribution in [2.24, 2.45) is 5.73 Å². The molecule has 1 heterocycles. The van der Waals surface area contributed by atoms with Crippen LogP contribution in [-0.4, -0.2) is 22.6 Å². The largest absolute Gasteiger partial charge is 0.370 e. The van der Waals surface area contributed by atoms with Gasteiger partial charge in [-0.3, -0.25) is 4.79 Å². The predicted molar refractivity (Wildman–Crippen MR) is 59.1 cm³/mol. The Morgan fingerprint density at radius 1 is 1.50 bits per heavy atom. The molecular weight excluding hydrogens is 268 g/mol. The van der Waals surface area contributed by atoms with Gasteiger partial charge in [-0.1, -0.05) is 11.3 Å². The molecule has 0 radical (unpaired) electrons. The van der Waals surface area contributed by atoms with Gasteiger partial charge in [-0.25, -0.2) is 0 Å². The summed E-state index contributed by atoms with van der Waals surface area (Å²) < 4.78 is 0.761. The minimum Gasteiger partial charge on any atom is -0.370 e. The number of nitrogens with two attached hydrogens (primary N) is 1. The lowest BCUT2D eigenvalue weighted by molar-refractivity contribution is -0.118. The van der Waals surface area contributed by atoms with Gasteiger partial charge in [0.1, 0.15) is 0 Å². The molecule has 3 N–H and O–H groups in total. The quantitative estimate of drug-likeness (QED) is 0.770. The SMILES string of the molecule is NC(=O)CCCCNc1nnc(Br)s1. The molecule has 5 nitrogen and oxygen atoms in total. The number of amides is 1. The fraction of sp³-hybridized carbons (Fsp3) is 0.571. The number of rotatable bonds is 6. The Morgan fingerprint density at radius 3 is 2.86 bits per heavy atom. The van der Waals surface area contributed by atoms with Gasteiger partial charge in [-0.05, 0) is 28.8 Å². The summed E-state index contributed by atoms with van der Waals surface area (Å²) in [6.07, 6.45) is 2.16. The average Bonchev–Trinajstić information content (AvgIpc) is 2.50. The Kier molecular flexibility index (Phi) is 4.81. The lowest BCUT2D eigenvalue weighted by atomic mass is 10.2. The fourth-order valence-corrected chi connectivity index (χ4v) is 1.93. The van der Waals surface area contributed by atoms with Crippen molar-refractivity contribution in [3.63, 3.8) is 0 Å². The number of nitrogens with zero attached hydrogens (tertiary/aromatic N) is 2. The number of primary amides is 1. The van der Waals surface area contributed by atoms with E-state index in [1.165, 1.54) is 11.3 Å². The lowest BCUT2D eigenvalue weighted by Gasteiger charge is -1.99. The molecule has 0 fully saturated rings. The Bertz CT molecular complexity index is 304. The number of hydrogen-bond donors (Lipinski definition) is 2. The van der Waals surface area contributed by atoms with Gasteiger partial charge in [-0.15, -0.1) is 10.2 Å². The molecule has 0 aromatic carbocycles. The van der Waals surface area contributed by atoms with E-state index < -0.39 is 0 Å². The van der Waals surface area contributed by atoms with E-state index in [4.69, 9.17) is 5.73 Å². The second kappa shape index (κ2) is 5.92. The highest BCUT2D eigenvalue weighted by molar-refractivity contribution is 9.11. The van der Waals surface area contributed by atoms with Crippen molar-refractivity contribution in [2.45, 2.75) is 19.3 Å².